The SMILES string of the molecule is N#Cc1cc(-c2ccnc(NC3CCOC3)n2)cc2c1N(C(=O)Cc1ccccc1Cl)CC2. The summed E-state index contributed by atoms with van der Waals surface area (Å²) in [6, 6.07) is 15.5. The summed E-state index contributed by atoms with van der Waals surface area (Å²) < 4.78 is 5.40. The van der Waals surface area contributed by atoms with E-state index in [-0.39, 0.29) is 18.4 Å². The van der Waals surface area contributed by atoms with Crippen molar-refractivity contribution in [2.75, 3.05) is 30.0 Å². The number of hydrogen-bond donors (Lipinski definition) is 1. The van der Waals surface area contributed by atoms with Gasteiger partial charge < -0.3 is 15.0 Å². The summed E-state index contributed by atoms with van der Waals surface area (Å²) in [7, 11) is 0. The third-order valence-corrected chi connectivity index (χ3v) is 6.37. The van der Waals surface area contributed by atoms with Crippen LogP contribution >= 0.6 is 11.6 Å². The van der Waals surface area contributed by atoms with E-state index in [1.54, 1.807) is 23.2 Å². The predicted octanol–water partition coefficient (Wildman–Crippen LogP) is 4.00. The first-order valence-corrected chi connectivity index (χ1v) is 11.3. The lowest BCUT2D eigenvalue weighted by molar-refractivity contribution is -0.117. The van der Waals surface area contributed by atoms with E-state index in [2.05, 4.69) is 21.4 Å². The molecule has 1 atom stereocenters. The van der Waals surface area contributed by atoms with Gasteiger partial charge in [0.1, 0.15) is 6.07 Å². The second-order valence-electron chi connectivity index (χ2n) is 8.18. The molecule has 7 nitrogen and oxygen atoms in total. The molecular weight excluding hydrogens is 438 g/mol. The minimum absolute atomic E-state index is 0.0709. The lowest BCUT2D eigenvalue weighted by Gasteiger charge is -2.19. The van der Waals surface area contributed by atoms with E-state index in [4.69, 9.17) is 16.3 Å². The van der Waals surface area contributed by atoms with Gasteiger partial charge in [0, 0.05) is 29.9 Å². The predicted molar refractivity (Wildman–Crippen MR) is 126 cm³/mol. The van der Waals surface area contributed by atoms with E-state index >= 15 is 0 Å². The van der Waals surface area contributed by atoms with Crippen LogP contribution in [0.25, 0.3) is 11.3 Å². The molecule has 3 heterocycles. The highest BCUT2D eigenvalue weighted by Gasteiger charge is 2.29. The second-order valence-corrected chi connectivity index (χ2v) is 8.58. The quantitative estimate of drug-likeness (QED) is 0.620. The third kappa shape index (κ3) is 4.40. The molecule has 0 spiro atoms. The third-order valence-electron chi connectivity index (χ3n) is 6.00. The molecule has 1 N–H and O–H groups in total. The van der Waals surface area contributed by atoms with Gasteiger partial charge in [-0.3, -0.25) is 4.79 Å². The van der Waals surface area contributed by atoms with Crippen LogP contribution in [0.4, 0.5) is 11.6 Å². The van der Waals surface area contributed by atoms with Crippen molar-refractivity contribution in [2.45, 2.75) is 25.3 Å². The van der Waals surface area contributed by atoms with E-state index in [1.807, 2.05) is 30.3 Å². The van der Waals surface area contributed by atoms with Crippen molar-refractivity contribution in [3.05, 3.63) is 70.4 Å². The second kappa shape index (κ2) is 9.18. The average Bonchev–Trinajstić information content (AvgIpc) is 3.50. The number of nitriles is 1. The van der Waals surface area contributed by atoms with Crippen LogP contribution in [0.3, 0.4) is 0 Å². The van der Waals surface area contributed by atoms with Gasteiger partial charge in [0.05, 0.1) is 36.0 Å². The van der Waals surface area contributed by atoms with Gasteiger partial charge in [0.2, 0.25) is 11.9 Å². The van der Waals surface area contributed by atoms with Crippen molar-refractivity contribution in [2.24, 2.45) is 0 Å². The number of amides is 1. The van der Waals surface area contributed by atoms with E-state index in [0.29, 0.717) is 41.8 Å². The van der Waals surface area contributed by atoms with Gasteiger partial charge in [0.15, 0.2) is 0 Å². The fourth-order valence-electron chi connectivity index (χ4n) is 4.35. The zero-order valence-corrected chi connectivity index (χ0v) is 18.7. The monoisotopic (exact) mass is 459 g/mol. The Kier molecular flexibility index (Phi) is 5.95. The Balaban J connectivity index is 1.42. The number of anilines is 2. The minimum Gasteiger partial charge on any atom is -0.379 e. The molecule has 1 aromatic heterocycles. The molecule has 3 aromatic rings. The maximum absolute atomic E-state index is 13.1. The molecule has 8 heteroatoms. The van der Waals surface area contributed by atoms with Gasteiger partial charge in [-0.15, -0.1) is 0 Å². The van der Waals surface area contributed by atoms with Crippen LogP contribution in [0, 0.1) is 11.3 Å². The van der Waals surface area contributed by atoms with Gasteiger partial charge in [-0.25, -0.2) is 9.97 Å². The van der Waals surface area contributed by atoms with Crippen LogP contribution in [-0.4, -0.2) is 41.7 Å². The summed E-state index contributed by atoms with van der Waals surface area (Å²) in [4.78, 5) is 23.7. The number of carbonyl (C=O) groups excluding carboxylic acids is 1. The van der Waals surface area contributed by atoms with Crippen molar-refractivity contribution in [3.8, 4) is 17.3 Å². The number of carbonyl (C=O) groups is 1. The largest absolute Gasteiger partial charge is 0.379 e. The Bertz CT molecular complexity index is 1250. The molecule has 1 fully saturated rings. The van der Waals surface area contributed by atoms with Gasteiger partial charge in [0.25, 0.3) is 0 Å². The maximum Gasteiger partial charge on any atom is 0.231 e. The lowest BCUT2D eigenvalue weighted by Crippen LogP contribution is -2.31. The van der Waals surface area contributed by atoms with Gasteiger partial charge in [-0.2, -0.15) is 5.26 Å². The van der Waals surface area contributed by atoms with Gasteiger partial charge in [-0.05, 0) is 48.2 Å². The van der Waals surface area contributed by atoms with Crippen molar-refractivity contribution in [1.29, 1.82) is 5.26 Å². The van der Waals surface area contributed by atoms with E-state index in [1.165, 1.54) is 0 Å². The molecule has 33 heavy (non-hydrogen) atoms. The first-order chi connectivity index (χ1) is 16.1. The Morgan fingerprint density at radius 2 is 2.18 bits per heavy atom. The van der Waals surface area contributed by atoms with E-state index in [9.17, 15) is 10.1 Å². The highest BCUT2D eigenvalue weighted by atomic mass is 35.5. The summed E-state index contributed by atoms with van der Waals surface area (Å²) in [5.41, 5.74) is 4.46. The van der Waals surface area contributed by atoms with Crippen molar-refractivity contribution in [3.63, 3.8) is 0 Å². The van der Waals surface area contributed by atoms with Crippen LogP contribution < -0.4 is 10.2 Å². The number of nitrogens with one attached hydrogen (secondary N) is 1. The summed E-state index contributed by atoms with van der Waals surface area (Å²) in [5.74, 6) is 0.469. The Morgan fingerprint density at radius 3 is 2.97 bits per heavy atom. The summed E-state index contributed by atoms with van der Waals surface area (Å²) in [6.45, 7) is 1.91. The number of halogens is 1. The fourth-order valence-corrected chi connectivity index (χ4v) is 4.55. The summed E-state index contributed by atoms with van der Waals surface area (Å²) in [6.07, 6.45) is 3.50. The molecule has 5 rings (SSSR count). The zero-order valence-electron chi connectivity index (χ0n) is 17.9. The molecule has 166 valence electrons. The van der Waals surface area contributed by atoms with Crippen molar-refractivity contribution in [1.82, 2.24) is 9.97 Å². The fraction of sp³-hybridized carbons (Fsp3) is 0.280. The molecule has 0 radical (unpaired) electrons. The van der Waals surface area contributed by atoms with E-state index < -0.39 is 0 Å². The number of rotatable bonds is 5. The number of hydrogen-bond acceptors (Lipinski definition) is 6. The smallest absolute Gasteiger partial charge is 0.231 e. The average molecular weight is 460 g/mol. The topological polar surface area (TPSA) is 91.1 Å². The van der Waals surface area contributed by atoms with Crippen LogP contribution in [0.15, 0.2) is 48.7 Å². The highest BCUT2D eigenvalue weighted by molar-refractivity contribution is 6.31. The van der Waals surface area contributed by atoms with Crippen molar-refractivity contribution >= 4 is 29.1 Å². The molecule has 0 bridgehead atoms. The van der Waals surface area contributed by atoms with Gasteiger partial charge in [-0.1, -0.05) is 29.8 Å². The van der Waals surface area contributed by atoms with Gasteiger partial charge >= 0.3 is 0 Å². The van der Waals surface area contributed by atoms with E-state index in [0.717, 1.165) is 35.4 Å². The normalized spacial score (nSPS) is 17.0. The number of ether oxygens (including phenoxy) is 1. The number of nitrogens with zero attached hydrogens (tertiary/aromatic N) is 4. The van der Waals surface area contributed by atoms with Crippen LogP contribution in [0.2, 0.25) is 5.02 Å². The first-order valence-electron chi connectivity index (χ1n) is 10.9. The number of aromatic nitrogens is 2. The maximum atomic E-state index is 13.1. The molecule has 0 saturated carbocycles. The molecule has 1 amide bonds. The van der Waals surface area contributed by atoms with Crippen molar-refractivity contribution < 1.29 is 9.53 Å². The standard InChI is InChI=1S/C25H22ClN5O2/c26-21-4-2-1-3-16(21)13-23(32)31-9-6-17-11-18(12-19(14-27)24(17)31)22-5-8-28-25(30-22)29-20-7-10-33-15-20/h1-5,8,11-12,20H,6-7,9-10,13,15H2,(H,28,29,30). The molecule has 2 aliphatic rings. The molecule has 2 aromatic carbocycles. The molecule has 1 unspecified atom stereocenters. The Morgan fingerprint density at radius 1 is 1.30 bits per heavy atom. The minimum atomic E-state index is -0.0709. The lowest BCUT2D eigenvalue weighted by atomic mass is 10.0. The molecular formula is C25H22ClN5O2. The van der Waals surface area contributed by atoms with Crippen LogP contribution in [0.1, 0.15) is 23.1 Å². The molecule has 0 aliphatic carbocycles. The van der Waals surface area contributed by atoms with Crippen LogP contribution in [-0.2, 0) is 22.4 Å². The number of benzene rings is 2. The highest BCUT2D eigenvalue weighted by Crippen LogP contribution is 2.36. The Labute approximate surface area is 197 Å². The molecule has 2 aliphatic heterocycles. The van der Waals surface area contributed by atoms with Crippen LogP contribution in [0.5, 0.6) is 0 Å². The number of fused-ring (bicyclic) bond motifs is 1. The first kappa shape index (κ1) is 21.4. The molecule has 1 saturated heterocycles. The zero-order chi connectivity index (χ0) is 22.8. The summed E-state index contributed by atoms with van der Waals surface area (Å²) >= 11 is 6.24. The Hall–Kier alpha value is -3.47. The summed E-state index contributed by atoms with van der Waals surface area (Å²) in [5, 5.41) is 13.8.